The van der Waals surface area contributed by atoms with Gasteiger partial charge in [-0.15, -0.1) is 0 Å². The minimum atomic E-state index is 0.444. The Hall–Kier alpha value is -2.76. The first-order chi connectivity index (χ1) is 13.3. The van der Waals surface area contributed by atoms with Crippen molar-refractivity contribution in [2.24, 2.45) is 7.05 Å². The van der Waals surface area contributed by atoms with E-state index >= 15 is 0 Å². The fourth-order valence-corrected chi connectivity index (χ4v) is 3.04. The van der Waals surface area contributed by atoms with Crippen molar-refractivity contribution in [3.8, 4) is 0 Å². The average molecular weight is 367 g/mol. The normalized spacial score (nSPS) is 15.3. The molecule has 5 nitrogen and oxygen atoms in total. The summed E-state index contributed by atoms with van der Waals surface area (Å²) in [5, 5.41) is 8.37. The first-order valence-electron chi connectivity index (χ1n) is 8.83. The number of hydrogen-bond acceptors (Lipinski definition) is 4. The predicted octanol–water partition coefficient (Wildman–Crippen LogP) is 3.04. The lowest BCUT2D eigenvalue weighted by molar-refractivity contribution is -0.0987. The number of piperazine rings is 1. The van der Waals surface area contributed by atoms with Gasteiger partial charge in [0.25, 0.3) is 0 Å². The van der Waals surface area contributed by atoms with E-state index in [9.17, 15) is 0 Å². The third-order valence-corrected chi connectivity index (χ3v) is 4.32. The first kappa shape index (κ1) is 22.3. The molecule has 1 fully saturated rings. The first-order valence-corrected chi connectivity index (χ1v) is 8.83. The molecular formula is C22H29N3O2. The Bertz CT molecular complexity index is 779. The average Bonchev–Trinajstić information content (AvgIpc) is 3.14. The number of carbonyl (C=O) groups is 2. The van der Waals surface area contributed by atoms with E-state index in [1.165, 1.54) is 22.0 Å². The highest BCUT2D eigenvalue weighted by Crippen LogP contribution is 2.25. The molecule has 0 bridgehead atoms. The lowest BCUT2D eigenvalue weighted by atomic mass is 10.0. The van der Waals surface area contributed by atoms with Crippen LogP contribution in [0.25, 0.3) is 10.9 Å². The van der Waals surface area contributed by atoms with Crippen LogP contribution in [0.1, 0.15) is 17.2 Å². The van der Waals surface area contributed by atoms with Crippen molar-refractivity contribution < 1.29 is 9.59 Å². The Morgan fingerprint density at radius 1 is 0.926 bits per heavy atom. The van der Waals surface area contributed by atoms with E-state index in [2.05, 4.69) is 71.8 Å². The van der Waals surface area contributed by atoms with E-state index in [4.69, 9.17) is 9.59 Å². The van der Waals surface area contributed by atoms with Crippen LogP contribution >= 0.6 is 0 Å². The summed E-state index contributed by atoms with van der Waals surface area (Å²) in [6, 6.07) is 19.5. The molecule has 4 rings (SSSR count). The maximum absolute atomic E-state index is 8.00. The zero-order valence-electron chi connectivity index (χ0n) is 16.2. The molecule has 1 aromatic heterocycles. The minimum absolute atomic E-state index is 0.444. The number of nitrogens with one attached hydrogen (secondary N) is 2. The van der Waals surface area contributed by atoms with Crippen molar-refractivity contribution in [2.75, 3.05) is 19.6 Å². The summed E-state index contributed by atoms with van der Waals surface area (Å²) in [7, 11) is 2.10. The molecule has 1 aliphatic heterocycles. The summed E-state index contributed by atoms with van der Waals surface area (Å²) in [4.78, 5) is 16.0. The van der Waals surface area contributed by atoms with Gasteiger partial charge in [-0.3, -0.25) is 0 Å². The summed E-state index contributed by atoms with van der Waals surface area (Å²) < 4.78 is 2.18. The van der Waals surface area contributed by atoms with Crippen molar-refractivity contribution in [3.63, 3.8) is 0 Å². The predicted molar refractivity (Wildman–Crippen MR) is 112 cm³/mol. The molecule has 27 heavy (non-hydrogen) atoms. The molecule has 1 saturated heterocycles. The lowest BCUT2D eigenvalue weighted by Crippen LogP contribution is -2.42. The van der Waals surface area contributed by atoms with Crippen molar-refractivity contribution in [1.29, 1.82) is 0 Å². The number of fused-ring (bicyclic) bond motifs is 1. The summed E-state index contributed by atoms with van der Waals surface area (Å²) in [6.07, 6.45) is 2.13. The Morgan fingerprint density at radius 2 is 1.63 bits per heavy atom. The second-order valence-electron chi connectivity index (χ2n) is 6.07. The van der Waals surface area contributed by atoms with E-state index in [1.807, 2.05) is 31.8 Å². The van der Waals surface area contributed by atoms with Gasteiger partial charge in [0.05, 0.1) is 0 Å². The smallest absolute Gasteiger partial charge is 0.106 e. The van der Waals surface area contributed by atoms with E-state index in [1.54, 1.807) is 0 Å². The van der Waals surface area contributed by atoms with E-state index in [-0.39, 0.29) is 0 Å². The van der Waals surface area contributed by atoms with Crippen molar-refractivity contribution in [3.05, 3.63) is 71.9 Å². The van der Waals surface area contributed by atoms with Crippen LogP contribution in [0.4, 0.5) is 0 Å². The van der Waals surface area contributed by atoms with Gasteiger partial charge in [0.1, 0.15) is 13.6 Å². The fourth-order valence-electron chi connectivity index (χ4n) is 3.04. The summed E-state index contributed by atoms with van der Waals surface area (Å²) >= 11 is 0. The molecule has 0 saturated carbocycles. The summed E-state index contributed by atoms with van der Waals surface area (Å²) in [6.45, 7) is 9.23. The van der Waals surface area contributed by atoms with E-state index < -0.39 is 0 Å². The van der Waals surface area contributed by atoms with Gasteiger partial charge in [-0.05, 0) is 24.6 Å². The standard InChI is InChI=1S/C13H17N3.C7H8.2CH2O/c1-16-8-5-11-10(3-2-4-13(11)16)12-9-14-6-7-15-12;1-7-5-3-2-4-6-7;2*1-2/h2-5,8,12,14-15H,6-7,9H2,1H3;2-6H,1H3;2*1H2. The Kier molecular flexibility index (Phi) is 10.4. The topological polar surface area (TPSA) is 63.1 Å². The number of nitrogens with zero attached hydrogens (tertiary/aromatic N) is 1. The van der Waals surface area contributed by atoms with Gasteiger partial charge in [0, 0.05) is 49.8 Å². The molecule has 1 atom stereocenters. The van der Waals surface area contributed by atoms with E-state index in [0.717, 1.165) is 19.6 Å². The highest BCUT2D eigenvalue weighted by molar-refractivity contribution is 5.84. The Balaban J connectivity index is 0.000000279. The molecule has 2 N–H and O–H groups in total. The lowest BCUT2D eigenvalue weighted by Gasteiger charge is -2.25. The van der Waals surface area contributed by atoms with Crippen LogP contribution in [0.5, 0.6) is 0 Å². The molecule has 2 heterocycles. The van der Waals surface area contributed by atoms with Crippen molar-refractivity contribution in [2.45, 2.75) is 13.0 Å². The zero-order chi connectivity index (χ0) is 20.1. The van der Waals surface area contributed by atoms with Crippen LogP contribution in [-0.2, 0) is 16.6 Å². The van der Waals surface area contributed by atoms with Gasteiger partial charge >= 0.3 is 0 Å². The third-order valence-electron chi connectivity index (χ3n) is 4.32. The maximum atomic E-state index is 8.00. The quantitative estimate of drug-likeness (QED) is 0.694. The number of aromatic nitrogens is 1. The molecule has 3 aromatic rings. The SMILES string of the molecule is C=O.C=O.Cc1ccccc1.Cn1ccc2c(C3CNCCN3)cccc21. The van der Waals surface area contributed by atoms with Crippen LogP contribution in [0, 0.1) is 6.92 Å². The van der Waals surface area contributed by atoms with Crippen LogP contribution in [0.15, 0.2) is 60.8 Å². The summed E-state index contributed by atoms with van der Waals surface area (Å²) in [5.41, 5.74) is 4.04. The molecule has 0 aliphatic carbocycles. The number of aryl methyl sites for hydroxylation is 2. The summed E-state index contributed by atoms with van der Waals surface area (Å²) in [5.74, 6) is 0. The molecule has 1 unspecified atom stereocenters. The molecule has 5 heteroatoms. The largest absolute Gasteiger partial charge is 0.351 e. The Labute approximate surface area is 161 Å². The van der Waals surface area contributed by atoms with Crippen molar-refractivity contribution in [1.82, 2.24) is 15.2 Å². The third kappa shape index (κ3) is 6.47. The van der Waals surface area contributed by atoms with Crippen LogP contribution in [-0.4, -0.2) is 37.8 Å². The van der Waals surface area contributed by atoms with Crippen LogP contribution < -0.4 is 10.6 Å². The van der Waals surface area contributed by atoms with Gasteiger partial charge < -0.3 is 24.8 Å². The second kappa shape index (κ2) is 12.6. The second-order valence-corrected chi connectivity index (χ2v) is 6.07. The molecule has 2 aromatic carbocycles. The van der Waals surface area contributed by atoms with Gasteiger partial charge in [0.15, 0.2) is 0 Å². The molecule has 0 amide bonds. The molecule has 0 spiro atoms. The highest BCUT2D eigenvalue weighted by atomic mass is 16.1. The van der Waals surface area contributed by atoms with Crippen molar-refractivity contribution >= 4 is 24.5 Å². The Morgan fingerprint density at radius 3 is 2.19 bits per heavy atom. The van der Waals surface area contributed by atoms with Crippen LogP contribution in [0.2, 0.25) is 0 Å². The molecule has 1 aliphatic rings. The number of carbonyl (C=O) groups excluding carboxylic acids is 2. The van der Waals surface area contributed by atoms with Gasteiger partial charge in [-0.1, -0.05) is 48.0 Å². The number of rotatable bonds is 1. The maximum Gasteiger partial charge on any atom is 0.106 e. The van der Waals surface area contributed by atoms with Gasteiger partial charge in [0.2, 0.25) is 0 Å². The van der Waals surface area contributed by atoms with E-state index in [0.29, 0.717) is 6.04 Å². The molecule has 0 radical (unpaired) electrons. The zero-order valence-corrected chi connectivity index (χ0v) is 16.2. The number of hydrogen-bond donors (Lipinski definition) is 2. The highest BCUT2D eigenvalue weighted by Gasteiger charge is 2.16. The monoisotopic (exact) mass is 367 g/mol. The number of benzene rings is 2. The fraction of sp³-hybridized carbons (Fsp3) is 0.273. The van der Waals surface area contributed by atoms with Crippen LogP contribution in [0.3, 0.4) is 0 Å². The van der Waals surface area contributed by atoms with Gasteiger partial charge in [-0.2, -0.15) is 0 Å². The molecular weight excluding hydrogens is 338 g/mol. The molecule has 144 valence electrons. The van der Waals surface area contributed by atoms with Gasteiger partial charge in [-0.25, -0.2) is 0 Å². The minimum Gasteiger partial charge on any atom is -0.351 e.